The van der Waals surface area contributed by atoms with Gasteiger partial charge in [0.25, 0.3) is 0 Å². The Bertz CT molecular complexity index is 176. The fraction of sp³-hybridized carbons (Fsp3) is 1.00. The molecule has 0 aromatic carbocycles. The Morgan fingerprint density at radius 2 is 1.94 bits per heavy atom. The molecule has 4 heteroatoms. The van der Waals surface area contributed by atoms with Crippen LogP contribution in [0.2, 0.25) is 0 Å². The maximum atomic E-state index is 5.94. The van der Waals surface area contributed by atoms with Crippen LogP contribution in [0, 0.1) is 0 Å². The van der Waals surface area contributed by atoms with E-state index in [0.717, 1.165) is 19.6 Å². The van der Waals surface area contributed by atoms with Gasteiger partial charge in [-0.15, -0.1) is 0 Å². The second-order valence-corrected chi connectivity index (χ2v) is 5.95. The molecule has 0 aromatic heterocycles. The number of thioether (sulfide) groups is 1. The quantitative estimate of drug-likeness (QED) is 0.607. The SMILES string of the molecule is CCN(C(C)CN(C)C)C(CN)CCCSC. The molecule has 2 atom stereocenters. The molecule has 0 aromatic rings. The maximum Gasteiger partial charge on any atom is 0.0221 e. The summed E-state index contributed by atoms with van der Waals surface area (Å²) in [5.41, 5.74) is 5.94. The zero-order valence-electron chi connectivity index (χ0n) is 12.3. The Balaban J connectivity index is 4.25. The van der Waals surface area contributed by atoms with Crippen molar-refractivity contribution in [2.24, 2.45) is 5.73 Å². The molecule has 104 valence electrons. The number of nitrogens with two attached hydrogens (primary N) is 1. The van der Waals surface area contributed by atoms with Crippen LogP contribution in [0.25, 0.3) is 0 Å². The van der Waals surface area contributed by atoms with Crippen LogP contribution >= 0.6 is 11.8 Å². The van der Waals surface area contributed by atoms with Crippen molar-refractivity contribution < 1.29 is 0 Å². The molecule has 0 saturated carbocycles. The largest absolute Gasteiger partial charge is 0.329 e. The first-order chi connectivity index (χ1) is 8.06. The molecule has 0 amide bonds. The van der Waals surface area contributed by atoms with Crippen LogP contribution in [-0.2, 0) is 0 Å². The Morgan fingerprint density at radius 3 is 2.35 bits per heavy atom. The lowest BCUT2D eigenvalue weighted by molar-refractivity contribution is 0.124. The summed E-state index contributed by atoms with van der Waals surface area (Å²) in [5.74, 6) is 1.25. The highest BCUT2D eigenvalue weighted by Gasteiger charge is 2.20. The number of rotatable bonds is 10. The summed E-state index contributed by atoms with van der Waals surface area (Å²) < 4.78 is 0. The Labute approximate surface area is 112 Å². The average molecular weight is 261 g/mol. The molecule has 0 radical (unpaired) electrons. The van der Waals surface area contributed by atoms with Gasteiger partial charge < -0.3 is 10.6 Å². The molecule has 2 N–H and O–H groups in total. The van der Waals surface area contributed by atoms with Crippen molar-refractivity contribution in [3.05, 3.63) is 0 Å². The van der Waals surface area contributed by atoms with Crippen LogP contribution < -0.4 is 5.73 Å². The van der Waals surface area contributed by atoms with Crippen molar-refractivity contribution in [1.82, 2.24) is 9.80 Å². The second-order valence-electron chi connectivity index (χ2n) is 4.97. The lowest BCUT2D eigenvalue weighted by atomic mass is 10.1. The minimum absolute atomic E-state index is 0.544. The topological polar surface area (TPSA) is 32.5 Å². The van der Waals surface area contributed by atoms with Gasteiger partial charge in [-0.05, 0) is 52.4 Å². The summed E-state index contributed by atoms with van der Waals surface area (Å²) in [6.07, 6.45) is 4.67. The van der Waals surface area contributed by atoms with Gasteiger partial charge in [0.15, 0.2) is 0 Å². The standard InChI is InChI=1S/C13H31N3S/c1-6-16(12(2)11-15(3)4)13(10-14)8-7-9-17-5/h12-13H,6-11,14H2,1-5H3. The monoisotopic (exact) mass is 261 g/mol. The van der Waals surface area contributed by atoms with Crippen LogP contribution in [0.4, 0.5) is 0 Å². The van der Waals surface area contributed by atoms with Gasteiger partial charge in [0.1, 0.15) is 0 Å². The minimum atomic E-state index is 0.544. The van der Waals surface area contributed by atoms with E-state index in [4.69, 9.17) is 5.73 Å². The fourth-order valence-corrected chi connectivity index (χ4v) is 2.90. The first-order valence-electron chi connectivity index (χ1n) is 6.66. The highest BCUT2D eigenvalue weighted by molar-refractivity contribution is 7.98. The summed E-state index contributed by atoms with van der Waals surface area (Å²) >= 11 is 1.92. The van der Waals surface area contributed by atoms with Crippen molar-refractivity contribution in [3.63, 3.8) is 0 Å². The van der Waals surface area contributed by atoms with E-state index in [1.165, 1.54) is 18.6 Å². The van der Waals surface area contributed by atoms with Crippen molar-refractivity contribution in [3.8, 4) is 0 Å². The minimum Gasteiger partial charge on any atom is -0.329 e. The molecule has 0 spiro atoms. The van der Waals surface area contributed by atoms with E-state index in [2.05, 4.69) is 44.0 Å². The van der Waals surface area contributed by atoms with E-state index in [1.54, 1.807) is 0 Å². The van der Waals surface area contributed by atoms with Crippen molar-refractivity contribution >= 4 is 11.8 Å². The van der Waals surface area contributed by atoms with Gasteiger partial charge in [-0.2, -0.15) is 11.8 Å². The smallest absolute Gasteiger partial charge is 0.0221 e. The Morgan fingerprint density at radius 1 is 1.29 bits per heavy atom. The van der Waals surface area contributed by atoms with Crippen LogP contribution in [-0.4, -0.2) is 67.6 Å². The molecule has 3 nitrogen and oxygen atoms in total. The number of hydrogen-bond donors (Lipinski definition) is 1. The molecule has 0 bridgehead atoms. The molecule has 0 aliphatic rings. The van der Waals surface area contributed by atoms with Crippen molar-refractivity contribution in [2.45, 2.75) is 38.8 Å². The van der Waals surface area contributed by atoms with E-state index in [1.807, 2.05) is 11.8 Å². The molecule has 0 aliphatic carbocycles. The predicted octanol–water partition coefficient (Wildman–Crippen LogP) is 1.73. The summed E-state index contributed by atoms with van der Waals surface area (Å²) in [5, 5.41) is 0. The van der Waals surface area contributed by atoms with E-state index < -0.39 is 0 Å². The average Bonchev–Trinajstić information content (AvgIpc) is 2.27. The summed E-state index contributed by atoms with van der Waals surface area (Å²) in [6, 6.07) is 1.12. The lowest BCUT2D eigenvalue weighted by Crippen LogP contribution is -2.49. The predicted molar refractivity (Wildman–Crippen MR) is 80.9 cm³/mol. The van der Waals surface area contributed by atoms with Gasteiger partial charge in [-0.25, -0.2) is 0 Å². The van der Waals surface area contributed by atoms with Crippen LogP contribution in [0.1, 0.15) is 26.7 Å². The molecule has 0 aliphatic heterocycles. The van der Waals surface area contributed by atoms with Gasteiger partial charge in [-0.3, -0.25) is 4.90 Å². The molecular weight excluding hydrogens is 230 g/mol. The summed E-state index contributed by atoms with van der Waals surface area (Å²) in [6.45, 7) is 7.52. The van der Waals surface area contributed by atoms with E-state index in [9.17, 15) is 0 Å². The number of likely N-dealkylation sites (N-methyl/N-ethyl adjacent to an activating group) is 2. The molecule has 0 rings (SSSR count). The van der Waals surface area contributed by atoms with E-state index >= 15 is 0 Å². The molecule has 0 fully saturated rings. The van der Waals surface area contributed by atoms with E-state index in [-0.39, 0.29) is 0 Å². The Kier molecular flexibility index (Phi) is 10.3. The third-order valence-corrected chi connectivity index (χ3v) is 3.88. The summed E-state index contributed by atoms with van der Waals surface area (Å²) in [4.78, 5) is 4.81. The van der Waals surface area contributed by atoms with Crippen LogP contribution in [0.5, 0.6) is 0 Å². The fourth-order valence-electron chi connectivity index (χ4n) is 2.45. The zero-order valence-corrected chi connectivity index (χ0v) is 13.1. The Hall–Kier alpha value is 0.230. The van der Waals surface area contributed by atoms with Gasteiger partial charge in [0, 0.05) is 25.2 Å². The molecular formula is C13H31N3S. The molecule has 0 heterocycles. The van der Waals surface area contributed by atoms with Gasteiger partial charge in [-0.1, -0.05) is 6.92 Å². The van der Waals surface area contributed by atoms with Crippen LogP contribution in [0.15, 0.2) is 0 Å². The third-order valence-electron chi connectivity index (χ3n) is 3.19. The van der Waals surface area contributed by atoms with Crippen molar-refractivity contribution in [2.75, 3.05) is 45.7 Å². The van der Waals surface area contributed by atoms with E-state index in [0.29, 0.717) is 12.1 Å². The molecule has 17 heavy (non-hydrogen) atoms. The van der Waals surface area contributed by atoms with Crippen LogP contribution in [0.3, 0.4) is 0 Å². The summed E-state index contributed by atoms with van der Waals surface area (Å²) in [7, 11) is 4.27. The van der Waals surface area contributed by atoms with Gasteiger partial charge >= 0.3 is 0 Å². The van der Waals surface area contributed by atoms with Gasteiger partial charge in [0.05, 0.1) is 0 Å². The highest BCUT2D eigenvalue weighted by atomic mass is 32.2. The first-order valence-corrected chi connectivity index (χ1v) is 8.05. The third kappa shape index (κ3) is 7.29. The first kappa shape index (κ1) is 17.2. The zero-order chi connectivity index (χ0) is 13.3. The van der Waals surface area contributed by atoms with Gasteiger partial charge in [0.2, 0.25) is 0 Å². The lowest BCUT2D eigenvalue weighted by Gasteiger charge is -2.36. The number of nitrogens with zero attached hydrogens (tertiary/aromatic N) is 2. The highest BCUT2D eigenvalue weighted by Crippen LogP contribution is 2.12. The molecule has 0 saturated heterocycles. The second kappa shape index (κ2) is 10.2. The normalized spacial score (nSPS) is 15.5. The van der Waals surface area contributed by atoms with Crippen molar-refractivity contribution in [1.29, 1.82) is 0 Å². The number of hydrogen-bond acceptors (Lipinski definition) is 4. The molecule has 2 unspecified atom stereocenters. The maximum absolute atomic E-state index is 5.94.